The van der Waals surface area contributed by atoms with E-state index in [0.717, 1.165) is 27.7 Å². The molecule has 3 aromatic carbocycles. The second kappa shape index (κ2) is 7.09. The van der Waals surface area contributed by atoms with Crippen molar-refractivity contribution < 1.29 is 13.9 Å². The Morgan fingerprint density at radius 3 is 2.56 bits per heavy atom. The fourth-order valence-electron chi connectivity index (χ4n) is 2.95. The van der Waals surface area contributed by atoms with Crippen LogP contribution in [0.3, 0.4) is 0 Å². The van der Waals surface area contributed by atoms with E-state index in [4.69, 9.17) is 15.2 Å². The van der Waals surface area contributed by atoms with E-state index in [-0.39, 0.29) is 12.5 Å². The average molecular weight is 363 g/mol. The minimum atomic E-state index is -0.446. The van der Waals surface area contributed by atoms with E-state index in [0.29, 0.717) is 5.69 Å². The number of aromatic nitrogens is 2. The van der Waals surface area contributed by atoms with Crippen molar-refractivity contribution in [2.75, 3.05) is 19.6 Å². The third-order valence-electron chi connectivity index (χ3n) is 4.30. The fraction of sp³-hybridized carbons (Fsp3) is 0.0952. The standard InChI is InChI=1S/C21H18FN3O2/c1-26-13-27-21-11-18(7-8-19(21)22)25-20-9-4-15(10-16(20)12-24-25)14-2-5-17(23)6-3-14/h2-12H,13,23H2,1H3. The zero-order chi connectivity index (χ0) is 18.8. The number of rotatable bonds is 5. The number of hydrogen-bond donors (Lipinski definition) is 1. The first-order valence-electron chi connectivity index (χ1n) is 8.41. The van der Waals surface area contributed by atoms with Crippen LogP contribution in [0.2, 0.25) is 0 Å². The van der Waals surface area contributed by atoms with Crippen LogP contribution in [0, 0.1) is 5.82 Å². The summed E-state index contributed by atoms with van der Waals surface area (Å²) in [5.41, 5.74) is 10.3. The van der Waals surface area contributed by atoms with Crippen LogP contribution in [-0.4, -0.2) is 23.7 Å². The molecule has 136 valence electrons. The second-order valence-electron chi connectivity index (χ2n) is 6.12. The minimum absolute atomic E-state index is 0.0226. The summed E-state index contributed by atoms with van der Waals surface area (Å²) in [6, 6.07) is 18.4. The van der Waals surface area contributed by atoms with E-state index in [2.05, 4.69) is 11.2 Å². The highest BCUT2D eigenvalue weighted by Gasteiger charge is 2.10. The van der Waals surface area contributed by atoms with Crippen LogP contribution in [-0.2, 0) is 4.74 Å². The Labute approximate surface area is 155 Å². The van der Waals surface area contributed by atoms with Crippen molar-refractivity contribution in [1.29, 1.82) is 0 Å². The van der Waals surface area contributed by atoms with Crippen LogP contribution in [0.25, 0.3) is 27.7 Å². The molecule has 0 radical (unpaired) electrons. The van der Waals surface area contributed by atoms with Crippen LogP contribution in [0.15, 0.2) is 66.9 Å². The summed E-state index contributed by atoms with van der Waals surface area (Å²) < 4.78 is 25.8. The number of hydrogen-bond acceptors (Lipinski definition) is 4. The van der Waals surface area contributed by atoms with Crippen molar-refractivity contribution in [1.82, 2.24) is 9.78 Å². The van der Waals surface area contributed by atoms with Crippen LogP contribution in [0.1, 0.15) is 0 Å². The number of fused-ring (bicyclic) bond motifs is 1. The number of nitrogens with zero attached hydrogens (tertiary/aromatic N) is 2. The first-order chi connectivity index (χ1) is 13.2. The van der Waals surface area contributed by atoms with E-state index >= 15 is 0 Å². The molecule has 4 rings (SSSR count). The molecular weight excluding hydrogens is 345 g/mol. The molecule has 27 heavy (non-hydrogen) atoms. The van der Waals surface area contributed by atoms with E-state index in [1.165, 1.54) is 13.2 Å². The minimum Gasteiger partial charge on any atom is -0.464 e. The smallest absolute Gasteiger partial charge is 0.188 e. The molecule has 6 heteroatoms. The molecule has 0 unspecified atom stereocenters. The molecule has 4 aromatic rings. The predicted octanol–water partition coefficient (Wildman–Crippen LogP) is 4.40. The summed E-state index contributed by atoms with van der Waals surface area (Å²) in [5.74, 6) is -0.325. The molecule has 0 fully saturated rings. The van der Waals surface area contributed by atoms with Crippen molar-refractivity contribution in [2.24, 2.45) is 0 Å². The van der Waals surface area contributed by atoms with Crippen molar-refractivity contribution in [2.45, 2.75) is 0 Å². The Balaban J connectivity index is 1.72. The van der Waals surface area contributed by atoms with Gasteiger partial charge in [0.2, 0.25) is 0 Å². The third-order valence-corrected chi connectivity index (χ3v) is 4.30. The number of nitrogen functional groups attached to an aromatic ring is 1. The highest BCUT2D eigenvalue weighted by Crippen LogP contribution is 2.28. The topological polar surface area (TPSA) is 62.3 Å². The third kappa shape index (κ3) is 3.35. The number of methoxy groups -OCH3 is 1. The van der Waals surface area contributed by atoms with Crippen molar-refractivity contribution in [3.05, 3.63) is 72.7 Å². The molecule has 1 heterocycles. The Morgan fingerprint density at radius 2 is 1.78 bits per heavy atom. The lowest BCUT2D eigenvalue weighted by molar-refractivity contribution is 0.0483. The van der Waals surface area contributed by atoms with Crippen molar-refractivity contribution in [3.63, 3.8) is 0 Å². The molecule has 0 aliphatic heterocycles. The Bertz CT molecular complexity index is 1090. The van der Waals surface area contributed by atoms with Gasteiger partial charge in [-0.3, -0.25) is 0 Å². The summed E-state index contributed by atoms with van der Waals surface area (Å²) in [4.78, 5) is 0. The monoisotopic (exact) mass is 363 g/mol. The molecule has 5 nitrogen and oxygen atoms in total. The molecule has 0 bridgehead atoms. The summed E-state index contributed by atoms with van der Waals surface area (Å²) in [6.45, 7) is -0.0226. The van der Waals surface area contributed by atoms with E-state index < -0.39 is 5.82 Å². The predicted molar refractivity (Wildman–Crippen MR) is 103 cm³/mol. The maximum Gasteiger partial charge on any atom is 0.188 e. The molecule has 0 amide bonds. The van der Waals surface area contributed by atoms with Crippen molar-refractivity contribution in [3.8, 4) is 22.6 Å². The first kappa shape index (κ1) is 17.1. The summed E-state index contributed by atoms with van der Waals surface area (Å²) in [5, 5.41) is 5.43. The van der Waals surface area contributed by atoms with Gasteiger partial charge in [0.1, 0.15) is 0 Å². The molecule has 1 aromatic heterocycles. The number of benzene rings is 3. The Kier molecular flexibility index (Phi) is 4.48. The average Bonchev–Trinajstić information content (AvgIpc) is 3.11. The summed E-state index contributed by atoms with van der Waals surface area (Å²) in [7, 11) is 1.49. The molecule has 0 spiro atoms. The fourth-order valence-corrected chi connectivity index (χ4v) is 2.95. The number of halogens is 1. The quantitative estimate of drug-likeness (QED) is 0.422. The first-order valence-corrected chi connectivity index (χ1v) is 8.41. The lowest BCUT2D eigenvalue weighted by atomic mass is 10.0. The molecule has 0 aliphatic rings. The van der Waals surface area contributed by atoms with Crippen LogP contribution < -0.4 is 10.5 Å². The molecule has 0 saturated heterocycles. The van der Waals surface area contributed by atoms with Crippen LogP contribution >= 0.6 is 0 Å². The summed E-state index contributed by atoms with van der Waals surface area (Å²) in [6.07, 6.45) is 1.79. The lowest BCUT2D eigenvalue weighted by Crippen LogP contribution is -2.03. The van der Waals surface area contributed by atoms with Gasteiger partial charge in [0, 0.05) is 24.2 Å². The van der Waals surface area contributed by atoms with Crippen LogP contribution in [0.5, 0.6) is 5.75 Å². The van der Waals surface area contributed by atoms with Gasteiger partial charge in [-0.2, -0.15) is 5.10 Å². The van der Waals surface area contributed by atoms with Gasteiger partial charge in [0.25, 0.3) is 0 Å². The number of ether oxygens (including phenoxy) is 2. The molecule has 2 N–H and O–H groups in total. The Morgan fingerprint density at radius 1 is 1.00 bits per heavy atom. The van der Waals surface area contributed by atoms with Gasteiger partial charge in [-0.1, -0.05) is 18.2 Å². The maximum absolute atomic E-state index is 13.9. The lowest BCUT2D eigenvalue weighted by Gasteiger charge is -2.09. The van der Waals surface area contributed by atoms with Gasteiger partial charge in [0.05, 0.1) is 17.4 Å². The highest BCUT2D eigenvalue weighted by molar-refractivity contribution is 5.86. The highest BCUT2D eigenvalue weighted by atomic mass is 19.1. The largest absolute Gasteiger partial charge is 0.464 e. The van der Waals surface area contributed by atoms with Crippen LogP contribution in [0.4, 0.5) is 10.1 Å². The number of nitrogens with two attached hydrogens (primary N) is 1. The molecule has 0 atom stereocenters. The van der Waals surface area contributed by atoms with Gasteiger partial charge in [-0.05, 0) is 47.5 Å². The zero-order valence-corrected chi connectivity index (χ0v) is 14.7. The van der Waals surface area contributed by atoms with Gasteiger partial charge in [-0.25, -0.2) is 9.07 Å². The van der Waals surface area contributed by atoms with Crippen molar-refractivity contribution >= 4 is 16.6 Å². The SMILES string of the molecule is COCOc1cc(-n2ncc3cc(-c4ccc(N)cc4)ccc32)ccc1F. The normalized spacial score (nSPS) is 11.0. The van der Waals surface area contributed by atoms with E-state index in [9.17, 15) is 4.39 Å². The molecule has 0 aliphatic carbocycles. The molecular formula is C21H18FN3O2. The van der Waals surface area contributed by atoms with E-state index in [1.54, 1.807) is 23.0 Å². The van der Waals surface area contributed by atoms with E-state index in [1.807, 2.05) is 36.4 Å². The summed E-state index contributed by atoms with van der Waals surface area (Å²) >= 11 is 0. The number of anilines is 1. The second-order valence-corrected chi connectivity index (χ2v) is 6.12. The van der Waals surface area contributed by atoms with Gasteiger partial charge < -0.3 is 15.2 Å². The van der Waals surface area contributed by atoms with Gasteiger partial charge >= 0.3 is 0 Å². The molecule has 0 saturated carbocycles. The van der Waals surface area contributed by atoms with Gasteiger partial charge in [0.15, 0.2) is 18.4 Å². The Hall–Kier alpha value is -3.38. The van der Waals surface area contributed by atoms with Gasteiger partial charge in [-0.15, -0.1) is 0 Å². The zero-order valence-electron chi connectivity index (χ0n) is 14.7. The maximum atomic E-state index is 13.9.